The topological polar surface area (TPSA) is 66.8 Å². The van der Waals surface area contributed by atoms with Crippen molar-refractivity contribution in [2.24, 2.45) is 5.92 Å². The maximum atomic E-state index is 11.8. The van der Waals surface area contributed by atoms with E-state index in [-0.39, 0.29) is 30.8 Å². The number of nitrogens with zero attached hydrogens (tertiary/aromatic N) is 1. The molecule has 16 heavy (non-hydrogen) atoms. The fourth-order valence-electron chi connectivity index (χ4n) is 1.53. The summed E-state index contributed by atoms with van der Waals surface area (Å²) in [5.74, 6) is -0.180. The summed E-state index contributed by atoms with van der Waals surface area (Å²) in [6, 6.07) is 0. The first kappa shape index (κ1) is 13.0. The highest BCUT2D eigenvalue weighted by Gasteiger charge is 2.33. The van der Waals surface area contributed by atoms with Crippen molar-refractivity contribution in [3.8, 4) is 0 Å². The molecule has 1 rings (SSSR count). The molecule has 92 valence electrons. The van der Waals surface area contributed by atoms with Crippen LogP contribution in [0.3, 0.4) is 0 Å². The predicted octanol–water partition coefficient (Wildman–Crippen LogP) is 0.169. The molecule has 1 unspecified atom stereocenters. The Kier molecular flexibility index (Phi) is 4.73. The van der Waals surface area contributed by atoms with Gasteiger partial charge < -0.3 is 14.7 Å². The summed E-state index contributed by atoms with van der Waals surface area (Å²) in [6.45, 7) is 2.24. The van der Waals surface area contributed by atoms with Gasteiger partial charge in [-0.2, -0.15) is 0 Å². The molecule has 1 fully saturated rings. The van der Waals surface area contributed by atoms with Gasteiger partial charge in [0.1, 0.15) is 0 Å². The van der Waals surface area contributed by atoms with E-state index in [1.165, 1.54) is 7.11 Å². The number of hydrogen-bond acceptors (Lipinski definition) is 4. The van der Waals surface area contributed by atoms with Crippen LogP contribution in [0, 0.1) is 5.92 Å². The minimum atomic E-state index is -0.569. The number of methoxy groups -OCH3 is 1. The van der Waals surface area contributed by atoms with Crippen LogP contribution < -0.4 is 0 Å². The highest BCUT2D eigenvalue weighted by atomic mass is 16.5. The van der Waals surface area contributed by atoms with Crippen molar-refractivity contribution < 1.29 is 19.4 Å². The molecule has 0 aliphatic heterocycles. The number of amides is 1. The van der Waals surface area contributed by atoms with Gasteiger partial charge in [0.25, 0.3) is 0 Å². The minimum absolute atomic E-state index is 0.0461. The zero-order valence-electron chi connectivity index (χ0n) is 9.81. The van der Waals surface area contributed by atoms with Gasteiger partial charge in [0.15, 0.2) is 0 Å². The smallest absolute Gasteiger partial charge is 0.307 e. The number of carbonyl (C=O) groups excluding carboxylic acids is 2. The van der Waals surface area contributed by atoms with E-state index in [9.17, 15) is 14.7 Å². The summed E-state index contributed by atoms with van der Waals surface area (Å²) in [5.41, 5.74) is 0. The van der Waals surface area contributed by atoms with E-state index in [0.717, 1.165) is 12.8 Å². The van der Waals surface area contributed by atoms with Crippen LogP contribution in [0.2, 0.25) is 0 Å². The molecule has 0 aromatic carbocycles. The standard InChI is InChI=1S/C11H19NO4/c1-8(13)7-12(6-5-10(14)16-2)11(15)9-3-4-9/h8-9,13H,3-7H2,1-2H3. The van der Waals surface area contributed by atoms with Gasteiger partial charge in [-0.15, -0.1) is 0 Å². The fourth-order valence-corrected chi connectivity index (χ4v) is 1.53. The van der Waals surface area contributed by atoms with E-state index >= 15 is 0 Å². The first-order chi connectivity index (χ1) is 7.54. The summed E-state index contributed by atoms with van der Waals surface area (Å²) in [5, 5.41) is 9.29. The molecule has 5 nitrogen and oxygen atoms in total. The number of hydrogen-bond donors (Lipinski definition) is 1. The molecule has 0 spiro atoms. The van der Waals surface area contributed by atoms with Crippen molar-refractivity contribution in [3.05, 3.63) is 0 Å². The monoisotopic (exact) mass is 229 g/mol. The number of aliphatic hydroxyl groups is 1. The number of ether oxygens (including phenoxy) is 1. The zero-order chi connectivity index (χ0) is 12.1. The number of carbonyl (C=O) groups is 2. The van der Waals surface area contributed by atoms with Crippen LogP contribution in [0.15, 0.2) is 0 Å². The van der Waals surface area contributed by atoms with E-state index in [1.54, 1.807) is 11.8 Å². The van der Waals surface area contributed by atoms with Crippen LogP contribution in [0.1, 0.15) is 26.2 Å². The number of aliphatic hydroxyl groups excluding tert-OH is 1. The summed E-state index contributed by atoms with van der Waals surface area (Å²) in [6.07, 6.45) is 1.46. The maximum Gasteiger partial charge on any atom is 0.307 e. The Morgan fingerprint density at radius 2 is 2.12 bits per heavy atom. The van der Waals surface area contributed by atoms with Crippen LogP contribution in [0.25, 0.3) is 0 Å². The Morgan fingerprint density at radius 1 is 1.50 bits per heavy atom. The van der Waals surface area contributed by atoms with Crippen LogP contribution >= 0.6 is 0 Å². The van der Waals surface area contributed by atoms with Crippen molar-refractivity contribution in [1.29, 1.82) is 0 Å². The van der Waals surface area contributed by atoms with Crippen molar-refractivity contribution in [1.82, 2.24) is 4.90 Å². The lowest BCUT2D eigenvalue weighted by Crippen LogP contribution is -2.39. The molecular weight excluding hydrogens is 210 g/mol. The Hall–Kier alpha value is -1.10. The third-order valence-corrected chi connectivity index (χ3v) is 2.54. The third kappa shape index (κ3) is 4.18. The Balaban J connectivity index is 2.42. The molecule has 1 amide bonds. The fraction of sp³-hybridized carbons (Fsp3) is 0.818. The highest BCUT2D eigenvalue weighted by Crippen LogP contribution is 2.31. The van der Waals surface area contributed by atoms with Gasteiger partial charge in [0, 0.05) is 19.0 Å². The molecule has 1 aliphatic rings. The van der Waals surface area contributed by atoms with Crippen molar-refractivity contribution >= 4 is 11.9 Å². The van der Waals surface area contributed by atoms with Gasteiger partial charge in [-0.3, -0.25) is 9.59 Å². The molecule has 1 atom stereocenters. The molecule has 0 aromatic heterocycles. The quantitative estimate of drug-likeness (QED) is 0.659. The van der Waals surface area contributed by atoms with Crippen LogP contribution in [-0.2, 0) is 14.3 Å². The second-order valence-electron chi connectivity index (χ2n) is 4.23. The second-order valence-corrected chi connectivity index (χ2v) is 4.23. The molecule has 1 aliphatic carbocycles. The lowest BCUT2D eigenvalue weighted by Gasteiger charge is -2.23. The van der Waals surface area contributed by atoms with Gasteiger partial charge >= 0.3 is 5.97 Å². The largest absolute Gasteiger partial charge is 0.469 e. The van der Waals surface area contributed by atoms with Crippen molar-refractivity contribution in [2.45, 2.75) is 32.3 Å². The van der Waals surface area contributed by atoms with Gasteiger partial charge in [-0.05, 0) is 19.8 Å². The summed E-state index contributed by atoms with van der Waals surface area (Å²) in [4.78, 5) is 24.3. The molecule has 0 heterocycles. The predicted molar refractivity (Wildman–Crippen MR) is 57.6 cm³/mol. The number of rotatable bonds is 6. The summed E-state index contributed by atoms with van der Waals surface area (Å²) < 4.78 is 4.52. The average molecular weight is 229 g/mol. The van der Waals surface area contributed by atoms with Crippen LogP contribution in [0.5, 0.6) is 0 Å². The van der Waals surface area contributed by atoms with Gasteiger partial charge in [-0.25, -0.2) is 0 Å². The molecule has 5 heteroatoms. The lowest BCUT2D eigenvalue weighted by molar-refractivity contribution is -0.142. The first-order valence-corrected chi connectivity index (χ1v) is 5.58. The van der Waals surface area contributed by atoms with E-state index in [4.69, 9.17) is 0 Å². The normalized spacial score (nSPS) is 16.7. The Bertz CT molecular complexity index is 261. The molecule has 0 aromatic rings. The average Bonchev–Trinajstić information content (AvgIpc) is 3.05. The van der Waals surface area contributed by atoms with Crippen LogP contribution in [-0.4, -0.2) is 48.2 Å². The van der Waals surface area contributed by atoms with E-state index in [0.29, 0.717) is 6.54 Å². The molecule has 0 bridgehead atoms. The first-order valence-electron chi connectivity index (χ1n) is 5.58. The Morgan fingerprint density at radius 3 is 2.56 bits per heavy atom. The molecule has 1 saturated carbocycles. The van der Waals surface area contributed by atoms with Crippen molar-refractivity contribution in [3.63, 3.8) is 0 Å². The third-order valence-electron chi connectivity index (χ3n) is 2.54. The minimum Gasteiger partial charge on any atom is -0.469 e. The number of esters is 1. The van der Waals surface area contributed by atoms with E-state index in [2.05, 4.69) is 4.74 Å². The second kappa shape index (κ2) is 5.84. The molecule has 0 saturated heterocycles. The molecule has 1 N–H and O–H groups in total. The highest BCUT2D eigenvalue weighted by molar-refractivity contribution is 5.81. The van der Waals surface area contributed by atoms with Crippen LogP contribution in [0.4, 0.5) is 0 Å². The summed E-state index contributed by atoms with van der Waals surface area (Å²) >= 11 is 0. The molecule has 0 radical (unpaired) electrons. The Labute approximate surface area is 95.4 Å². The lowest BCUT2D eigenvalue weighted by atomic mass is 10.2. The van der Waals surface area contributed by atoms with Gasteiger partial charge in [0.05, 0.1) is 19.6 Å². The van der Waals surface area contributed by atoms with Gasteiger partial charge in [-0.1, -0.05) is 0 Å². The maximum absolute atomic E-state index is 11.8. The SMILES string of the molecule is COC(=O)CCN(CC(C)O)C(=O)C1CC1. The zero-order valence-corrected chi connectivity index (χ0v) is 9.81. The summed E-state index contributed by atoms with van der Waals surface area (Å²) in [7, 11) is 1.32. The van der Waals surface area contributed by atoms with E-state index < -0.39 is 6.10 Å². The van der Waals surface area contributed by atoms with Crippen molar-refractivity contribution in [2.75, 3.05) is 20.2 Å². The van der Waals surface area contributed by atoms with E-state index in [1.807, 2.05) is 0 Å². The van der Waals surface area contributed by atoms with Gasteiger partial charge in [0.2, 0.25) is 5.91 Å². The molecular formula is C11H19NO4.